The van der Waals surface area contributed by atoms with Gasteiger partial charge in [-0.25, -0.2) is 4.98 Å². The van der Waals surface area contributed by atoms with Crippen molar-refractivity contribution in [3.05, 3.63) is 59.4 Å². The number of nitrogens with zero attached hydrogens (tertiary/aromatic N) is 4. The van der Waals surface area contributed by atoms with Crippen LogP contribution in [0.2, 0.25) is 0 Å². The van der Waals surface area contributed by atoms with Gasteiger partial charge in [0.2, 0.25) is 5.88 Å². The van der Waals surface area contributed by atoms with E-state index in [0.29, 0.717) is 17.7 Å². The van der Waals surface area contributed by atoms with Gasteiger partial charge in [-0.15, -0.1) is 5.10 Å². The van der Waals surface area contributed by atoms with Crippen LogP contribution >= 0.6 is 0 Å². The van der Waals surface area contributed by atoms with Crippen molar-refractivity contribution >= 4 is 0 Å². The Hall–Kier alpha value is -3.41. The highest BCUT2D eigenvalue weighted by Crippen LogP contribution is 2.28. The second kappa shape index (κ2) is 7.23. The summed E-state index contributed by atoms with van der Waals surface area (Å²) in [5, 5.41) is 19.1. The summed E-state index contributed by atoms with van der Waals surface area (Å²) in [6.45, 7) is 0.154. The van der Waals surface area contributed by atoms with Gasteiger partial charge in [0.1, 0.15) is 17.5 Å². The van der Waals surface area contributed by atoms with E-state index in [1.807, 2.05) is 18.2 Å². The van der Waals surface area contributed by atoms with Crippen LogP contribution in [0.1, 0.15) is 17.0 Å². The third-order valence-electron chi connectivity index (χ3n) is 3.51. The second-order valence-corrected chi connectivity index (χ2v) is 5.29. The number of ether oxygens (including phenoxy) is 1. The van der Waals surface area contributed by atoms with Crippen molar-refractivity contribution in [3.63, 3.8) is 0 Å². The maximum absolute atomic E-state index is 12.6. The van der Waals surface area contributed by atoms with E-state index in [1.54, 1.807) is 12.1 Å². The summed E-state index contributed by atoms with van der Waals surface area (Å²) in [5.74, 6) is -0.0840. The molecule has 26 heavy (non-hydrogen) atoms. The molecule has 0 unspecified atom stereocenters. The molecule has 132 valence electrons. The molecule has 1 N–H and O–H groups in total. The van der Waals surface area contributed by atoms with E-state index in [0.717, 1.165) is 11.6 Å². The number of nitrogens with one attached hydrogen (secondary N) is 1. The molecule has 0 saturated carbocycles. The molecule has 0 amide bonds. The zero-order valence-corrected chi connectivity index (χ0v) is 13.3. The highest BCUT2D eigenvalue weighted by atomic mass is 19.4. The minimum Gasteiger partial charge on any atom is -0.477 e. The monoisotopic (exact) mass is 359 g/mol. The Labute approximate surface area is 146 Å². The number of benzene rings is 1. The lowest BCUT2D eigenvalue weighted by molar-refractivity contribution is -0.141. The smallest absolute Gasteiger partial charge is 0.433 e. The highest BCUT2D eigenvalue weighted by Gasteiger charge is 2.32. The first-order valence-electron chi connectivity index (χ1n) is 7.54. The molecule has 0 spiro atoms. The highest BCUT2D eigenvalue weighted by molar-refractivity contribution is 5.64. The molecule has 2 heterocycles. The first kappa shape index (κ1) is 17.4. The Morgan fingerprint density at radius 1 is 1.12 bits per heavy atom. The molecule has 3 rings (SSSR count). The Morgan fingerprint density at radius 3 is 2.69 bits per heavy atom. The maximum atomic E-state index is 12.6. The summed E-state index contributed by atoms with van der Waals surface area (Å²) in [6.07, 6.45) is -4.06. The van der Waals surface area contributed by atoms with Gasteiger partial charge < -0.3 is 4.74 Å². The summed E-state index contributed by atoms with van der Waals surface area (Å²) < 4.78 is 43.2. The quantitative estimate of drug-likeness (QED) is 0.755. The van der Waals surface area contributed by atoms with Crippen molar-refractivity contribution in [2.24, 2.45) is 0 Å². The molecule has 0 aliphatic rings. The number of aromatic nitrogens is 4. The summed E-state index contributed by atoms with van der Waals surface area (Å²) >= 11 is 0. The average molecular weight is 359 g/mol. The summed E-state index contributed by atoms with van der Waals surface area (Å²) in [4.78, 5) is 3.45. The molecule has 0 aliphatic carbocycles. The molecule has 0 atom stereocenters. The normalized spacial score (nSPS) is 11.2. The number of alkyl halides is 3. The van der Waals surface area contributed by atoms with Crippen molar-refractivity contribution in [2.75, 3.05) is 6.61 Å². The number of hydrogen-bond acceptors (Lipinski definition) is 5. The molecule has 0 radical (unpaired) electrons. The number of nitriles is 1. The van der Waals surface area contributed by atoms with Gasteiger partial charge in [0.05, 0.1) is 6.61 Å². The number of H-pyrrole nitrogens is 1. The predicted octanol–water partition coefficient (Wildman–Crippen LogP) is 3.38. The van der Waals surface area contributed by atoms with Gasteiger partial charge in [0.15, 0.2) is 5.69 Å². The van der Waals surface area contributed by atoms with Gasteiger partial charge in [0.25, 0.3) is 0 Å². The van der Waals surface area contributed by atoms with Gasteiger partial charge >= 0.3 is 6.18 Å². The van der Waals surface area contributed by atoms with E-state index in [2.05, 4.69) is 20.4 Å². The van der Waals surface area contributed by atoms with Crippen molar-refractivity contribution in [1.82, 2.24) is 20.4 Å². The molecule has 0 saturated heterocycles. The van der Waals surface area contributed by atoms with Crippen LogP contribution in [0, 0.1) is 11.3 Å². The minimum atomic E-state index is -4.51. The molecular weight excluding hydrogens is 347 g/mol. The van der Waals surface area contributed by atoms with E-state index in [1.165, 1.54) is 12.1 Å². The standard InChI is InChI=1S/C17H12F3N5O/c18-17(19,20)14-5-2-6-15(22-14)26-8-7-11-3-1-4-12(9-11)16-13(10-21)23-25-24-16/h1-6,9H,7-8H2,(H,23,24,25). The van der Waals surface area contributed by atoms with Crippen molar-refractivity contribution < 1.29 is 17.9 Å². The van der Waals surface area contributed by atoms with Gasteiger partial charge in [0, 0.05) is 18.1 Å². The first-order chi connectivity index (χ1) is 12.5. The van der Waals surface area contributed by atoms with Gasteiger partial charge in [-0.05, 0) is 17.7 Å². The molecular formula is C17H12F3N5O. The predicted molar refractivity (Wildman–Crippen MR) is 85.0 cm³/mol. The fraction of sp³-hybridized carbons (Fsp3) is 0.176. The maximum Gasteiger partial charge on any atom is 0.433 e. The molecule has 0 fully saturated rings. The molecule has 6 nitrogen and oxygen atoms in total. The Kier molecular flexibility index (Phi) is 4.84. The molecule has 9 heteroatoms. The number of pyridine rings is 1. The lowest BCUT2D eigenvalue weighted by Crippen LogP contribution is -2.09. The van der Waals surface area contributed by atoms with Crippen LogP contribution < -0.4 is 4.74 Å². The topological polar surface area (TPSA) is 87.5 Å². The average Bonchev–Trinajstić information content (AvgIpc) is 3.10. The van der Waals surface area contributed by atoms with Crippen LogP contribution in [-0.2, 0) is 12.6 Å². The van der Waals surface area contributed by atoms with E-state index in [-0.39, 0.29) is 18.2 Å². The molecule has 0 bridgehead atoms. The van der Waals surface area contributed by atoms with Crippen molar-refractivity contribution in [1.29, 1.82) is 5.26 Å². The van der Waals surface area contributed by atoms with Gasteiger partial charge in [-0.1, -0.05) is 24.3 Å². The largest absolute Gasteiger partial charge is 0.477 e. The van der Waals surface area contributed by atoms with E-state index < -0.39 is 11.9 Å². The first-order valence-corrected chi connectivity index (χ1v) is 7.54. The van der Waals surface area contributed by atoms with E-state index in [4.69, 9.17) is 10.00 Å². The van der Waals surface area contributed by atoms with Crippen LogP contribution in [0.3, 0.4) is 0 Å². The lowest BCUT2D eigenvalue weighted by atomic mass is 10.1. The van der Waals surface area contributed by atoms with E-state index >= 15 is 0 Å². The number of hydrogen-bond donors (Lipinski definition) is 1. The Bertz CT molecular complexity index is 946. The van der Waals surface area contributed by atoms with Crippen LogP contribution in [0.4, 0.5) is 13.2 Å². The minimum absolute atomic E-state index is 0.0840. The van der Waals surface area contributed by atoms with Crippen molar-refractivity contribution in [3.8, 4) is 23.2 Å². The molecule has 1 aromatic carbocycles. The fourth-order valence-corrected chi connectivity index (χ4v) is 2.31. The molecule has 2 aromatic heterocycles. The zero-order valence-electron chi connectivity index (χ0n) is 13.3. The molecule has 0 aliphatic heterocycles. The second-order valence-electron chi connectivity index (χ2n) is 5.29. The number of halogens is 3. The SMILES string of the molecule is N#Cc1n[nH]nc1-c1cccc(CCOc2cccc(C(F)(F)F)n2)c1. The summed E-state index contributed by atoms with van der Waals surface area (Å²) in [6, 6.07) is 12.7. The number of aromatic amines is 1. The Balaban J connectivity index is 1.66. The lowest BCUT2D eigenvalue weighted by Gasteiger charge is -2.09. The Morgan fingerprint density at radius 2 is 1.92 bits per heavy atom. The van der Waals surface area contributed by atoms with Crippen LogP contribution in [-0.4, -0.2) is 27.0 Å². The van der Waals surface area contributed by atoms with Crippen LogP contribution in [0.15, 0.2) is 42.5 Å². The van der Waals surface area contributed by atoms with Gasteiger partial charge in [-0.2, -0.15) is 28.7 Å². The zero-order chi connectivity index (χ0) is 18.6. The summed E-state index contributed by atoms with van der Waals surface area (Å²) in [5.41, 5.74) is 1.22. The van der Waals surface area contributed by atoms with Crippen molar-refractivity contribution in [2.45, 2.75) is 12.6 Å². The summed E-state index contributed by atoms with van der Waals surface area (Å²) in [7, 11) is 0. The van der Waals surface area contributed by atoms with E-state index in [9.17, 15) is 13.2 Å². The van der Waals surface area contributed by atoms with Gasteiger partial charge in [-0.3, -0.25) is 0 Å². The molecule has 3 aromatic rings. The fourth-order valence-electron chi connectivity index (χ4n) is 2.31. The number of rotatable bonds is 5. The third-order valence-corrected chi connectivity index (χ3v) is 3.51. The van der Waals surface area contributed by atoms with Crippen LogP contribution in [0.5, 0.6) is 5.88 Å². The third kappa shape index (κ3) is 3.97. The van der Waals surface area contributed by atoms with Crippen LogP contribution in [0.25, 0.3) is 11.3 Å².